The van der Waals surface area contributed by atoms with Gasteiger partial charge in [0.25, 0.3) is 5.91 Å². The van der Waals surface area contributed by atoms with Crippen molar-refractivity contribution in [2.75, 3.05) is 56.0 Å². The molecule has 2 aromatic rings. The first-order chi connectivity index (χ1) is 16.3. The SMILES string of the molecule is CCN1CCN(c2ccccc2NC(=O)c2cccc(S(=O)(=O)N3CC(C)OC(C)C3)c2)CC1. The second-order valence-corrected chi connectivity index (χ2v) is 10.9. The van der Waals surface area contributed by atoms with Crippen LogP contribution in [0.1, 0.15) is 31.1 Å². The molecule has 8 nitrogen and oxygen atoms in total. The molecule has 1 N–H and O–H groups in total. The van der Waals surface area contributed by atoms with E-state index in [1.54, 1.807) is 12.1 Å². The lowest BCUT2D eigenvalue weighted by molar-refractivity contribution is -0.0440. The molecule has 2 aliphatic rings. The summed E-state index contributed by atoms with van der Waals surface area (Å²) in [6, 6.07) is 14.0. The Hall–Kier alpha value is -2.46. The fourth-order valence-electron chi connectivity index (χ4n) is 4.63. The maximum atomic E-state index is 13.3. The van der Waals surface area contributed by atoms with Crippen LogP contribution in [-0.2, 0) is 14.8 Å². The normalized spacial score (nSPS) is 22.5. The molecular formula is C25H34N4O4S. The molecular weight excluding hydrogens is 452 g/mol. The number of rotatable bonds is 6. The summed E-state index contributed by atoms with van der Waals surface area (Å²) < 4.78 is 33.6. The number of benzene rings is 2. The molecule has 2 fully saturated rings. The number of amides is 1. The van der Waals surface area contributed by atoms with Gasteiger partial charge in [0.1, 0.15) is 0 Å². The largest absolute Gasteiger partial charge is 0.373 e. The molecule has 9 heteroatoms. The number of morpholine rings is 1. The average Bonchev–Trinajstić information content (AvgIpc) is 2.84. The number of carbonyl (C=O) groups excluding carboxylic acids is 1. The highest BCUT2D eigenvalue weighted by molar-refractivity contribution is 7.89. The summed E-state index contributed by atoms with van der Waals surface area (Å²) in [5, 5.41) is 3.00. The number of nitrogens with zero attached hydrogens (tertiary/aromatic N) is 3. The van der Waals surface area contributed by atoms with Gasteiger partial charge in [0.05, 0.1) is 28.5 Å². The van der Waals surface area contributed by atoms with Gasteiger partial charge < -0.3 is 19.9 Å². The third kappa shape index (κ3) is 5.43. The van der Waals surface area contributed by atoms with Crippen LogP contribution in [0.2, 0.25) is 0 Å². The van der Waals surface area contributed by atoms with E-state index < -0.39 is 10.0 Å². The van der Waals surface area contributed by atoms with Gasteiger partial charge in [-0.2, -0.15) is 4.31 Å². The molecule has 2 saturated heterocycles. The molecule has 4 rings (SSSR count). The third-order valence-corrected chi connectivity index (χ3v) is 8.26. The minimum absolute atomic E-state index is 0.116. The van der Waals surface area contributed by atoms with Gasteiger partial charge in [-0.25, -0.2) is 8.42 Å². The number of hydrogen-bond acceptors (Lipinski definition) is 6. The van der Waals surface area contributed by atoms with E-state index in [-0.39, 0.29) is 23.0 Å². The van der Waals surface area contributed by atoms with E-state index in [1.807, 2.05) is 38.1 Å². The molecule has 1 amide bonds. The highest BCUT2D eigenvalue weighted by atomic mass is 32.2. The van der Waals surface area contributed by atoms with Gasteiger partial charge in [0.15, 0.2) is 0 Å². The van der Waals surface area contributed by atoms with Gasteiger partial charge in [0.2, 0.25) is 10.0 Å². The zero-order valence-corrected chi connectivity index (χ0v) is 20.9. The van der Waals surface area contributed by atoms with Crippen LogP contribution >= 0.6 is 0 Å². The van der Waals surface area contributed by atoms with Crippen LogP contribution in [0.3, 0.4) is 0 Å². The molecule has 2 aromatic carbocycles. The number of para-hydroxylation sites is 2. The van der Waals surface area contributed by atoms with Crippen molar-refractivity contribution in [3.8, 4) is 0 Å². The van der Waals surface area contributed by atoms with Crippen molar-refractivity contribution >= 4 is 27.3 Å². The lowest BCUT2D eigenvalue weighted by Crippen LogP contribution is -2.48. The summed E-state index contributed by atoms with van der Waals surface area (Å²) in [5.74, 6) is -0.333. The van der Waals surface area contributed by atoms with Crippen molar-refractivity contribution < 1.29 is 17.9 Å². The van der Waals surface area contributed by atoms with Gasteiger partial charge in [-0.05, 0) is 50.7 Å². The van der Waals surface area contributed by atoms with Crippen LogP contribution < -0.4 is 10.2 Å². The Morgan fingerprint density at radius 3 is 2.35 bits per heavy atom. The first-order valence-electron chi connectivity index (χ1n) is 11.9. The van der Waals surface area contributed by atoms with Crippen LogP contribution in [0, 0.1) is 0 Å². The van der Waals surface area contributed by atoms with E-state index in [0.717, 1.165) is 44.1 Å². The standard InChI is InChI=1S/C25H34N4O4S/c1-4-27-12-14-28(15-13-27)24-11-6-5-10-23(24)26-25(30)21-8-7-9-22(16-21)34(31,32)29-17-19(2)33-20(3)18-29/h5-11,16,19-20H,4,12-15,17-18H2,1-3H3,(H,26,30). The Morgan fingerprint density at radius 1 is 1.00 bits per heavy atom. The first-order valence-corrected chi connectivity index (χ1v) is 13.3. The Morgan fingerprint density at radius 2 is 1.68 bits per heavy atom. The number of piperazine rings is 1. The van der Waals surface area contributed by atoms with Gasteiger partial charge in [-0.15, -0.1) is 0 Å². The van der Waals surface area contributed by atoms with E-state index in [9.17, 15) is 13.2 Å². The molecule has 0 spiro atoms. The number of likely N-dealkylation sites (N-methyl/N-ethyl adjacent to an activating group) is 1. The first kappa shape index (κ1) is 24.7. The quantitative estimate of drug-likeness (QED) is 0.676. The fraction of sp³-hybridized carbons (Fsp3) is 0.480. The molecule has 0 radical (unpaired) electrons. The number of hydrogen-bond donors (Lipinski definition) is 1. The minimum atomic E-state index is -3.73. The molecule has 0 aromatic heterocycles. The predicted molar refractivity (Wildman–Crippen MR) is 134 cm³/mol. The summed E-state index contributed by atoms with van der Waals surface area (Å²) in [7, 11) is -3.73. The molecule has 34 heavy (non-hydrogen) atoms. The number of anilines is 2. The summed E-state index contributed by atoms with van der Waals surface area (Å²) in [5.41, 5.74) is 2.01. The number of carbonyl (C=O) groups is 1. The second kappa shape index (κ2) is 10.4. The summed E-state index contributed by atoms with van der Waals surface area (Å²) in [4.78, 5) is 17.9. The minimum Gasteiger partial charge on any atom is -0.373 e. The fourth-order valence-corrected chi connectivity index (χ4v) is 6.27. The van der Waals surface area contributed by atoms with Gasteiger partial charge >= 0.3 is 0 Å². The molecule has 0 bridgehead atoms. The van der Waals surface area contributed by atoms with Crippen LogP contribution in [0.25, 0.3) is 0 Å². The molecule has 184 valence electrons. The summed E-state index contributed by atoms with van der Waals surface area (Å²) in [6.07, 6.45) is -0.360. The van der Waals surface area contributed by atoms with Crippen molar-refractivity contribution in [2.45, 2.75) is 37.9 Å². The van der Waals surface area contributed by atoms with Crippen LogP contribution in [0.15, 0.2) is 53.4 Å². The topological polar surface area (TPSA) is 82.2 Å². The highest BCUT2D eigenvalue weighted by Gasteiger charge is 2.32. The van der Waals surface area contributed by atoms with Crippen LogP contribution in [0.4, 0.5) is 11.4 Å². The molecule has 2 aliphatic heterocycles. The van der Waals surface area contributed by atoms with Crippen molar-refractivity contribution in [2.24, 2.45) is 0 Å². The van der Waals surface area contributed by atoms with Crippen LogP contribution in [0.5, 0.6) is 0 Å². The molecule has 2 unspecified atom stereocenters. The lowest BCUT2D eigenvalue weighted by Gasteiger charge is -2.36. The highest BCUT2D eigenvalue weighted by Crippen LogP contribution is 2.28. The maximum Gasteiger partial charge on any atom is 0.255 e. The smallest absolute Gasteiger partial charge is 0.255 e. The summed E-state index contributed by atoms with van der Waals surface area (Å²) >= 11 is 0. The van der Waals surface area contributed by atoms with E-state index in [4.69, 9.17) is 4.74 Å². The van der Waals surface area contributed by atoms with E-state index >= 15 is 0 Å². The third-order valence-electron chi connectivity index (χ3n) is 6.43. The number of ether oxygens (including phenoxy) is 1. The Kier molecular flexibility index (Phi) is 7.57. The Bertz CT molecular complexity index is 1110. The molecule has 0 aliphatic carbocycles. The zero-order chi connectivity index (χ0) is 24.3. The number of sulfonamides is 1. The van der Waals surface area contributed by atoms with Crippen molar-refractivity contribution in [1.29, 1.82) is 0 Å². The second-order valence-electron chi connectivity index (χ2n) is 9.00. The monoisotopic (exact) mass is 486 g/mol. The van der Waals surface area contributed by atoms with Gasteiger partial charge in [-0.1, -0.05) is 25.1 Å². The van der Waals surface area contributed by atoms with E-state index in [0.29, 0.717) is 18.7 Å². The van der Waals surface area contributed by atoms with Crippen LogP contribution in [-0.4, -0.2) is 81.6 Å². The van der Waals surface area contributed by atoms with Gasteiger partial charge in [0, 0.05) is 44.8 Å². The van der Waals surface area contributed by atoms with Gasteiger partial charge in [-0.3, -0.25) is 4.79 Å². The summed E-state index contributed by atoms with van der Waals surface area (Å²) in [6.45, 7) is 11.3. The maximum absolute atomic E-state index is 13.3. The van der Waals surface area contributed by atoms with E-state index in [1.165, 1.54) is 16.4 Å². The zero-order valence-electron chi connectivity index (χ0n) is 20.1. The number of nitrogens with one attached hydrogen (secondary N) is 1. The Balaban J connectivity index is 1.52. The predicted octanol–water partition coefficient (Wildman–Crippen LogP) is 2.88. The van der Waals surface area contributed by atoms with E-state index in [2.05, 4.69) is 22.0 Å². The van der Waals surface area contributed by atoms with Crippen molar-refractivity contribution in [3.63, 3.8) is 0 Å². The lowest BCUT2D eigenvalue weighted by atomic mass is 10.1. The molecule has 2 atom stereocenters. The van der Waals surface area contributed by atoms with Crippen molar-refractivity contribution in [3.05, 3.63) is 54.1 Å². The van der Waals surface area contributed by atoms with Crippen molar-refractivity contribution in [1.82, 2.24) is 9.21 Å². The molecule has 0 saturated carbocycles. The Labute approximate surface area is 202 Å². The molecule has 2 heterocycles. The average molecular weight is 487 g/mol.